The van der Waals surface area contributed by atoms with Gasteiger partial charge in [-0.15, -0.1) is 25.3 Å². The maximum atomic E-state index is 14.3. The quantitative estimate of drug-likeness (QED) is 0.0788. The number of para-hydroxylation sites is 3. The van der Waals surface area contributed by atoms with E-state index in [9.17, 15) is 64.2 Å². The van der Waals surface area contributed by atoms with Crippen molar-refractivity contribution in [2.45, 2.75) is 128 Å². The molecule has 2 bridgehead atoms. The van der Waals surface area contributed by atoms with Gasteiger partial charge >= 0.3 is 0 Å². The first kappa shape index (κ1) is 118. The van der Waals surface area contributed by atoms with Gasteiger partial charge in [0.25, 0.3) is 65.5 Å². The molecule has 768 valence electrons. The number of rotatable bonds is 9. The van der Waals surface area contributed by atoms with Crippen molar-refractivity contribution in [3.8, 4) is 0 Å². The van der Waals surface area contributed by atoms with Gasteiger partial charge in [-0.1, -0.05) is 193 Å². The Labute approximate surface area is 958 Å². The molecule has 3 aliphatic carbocycles. The van der Waals surface area contributed by atoms with Crippen molar-refractivity contribution < 1.29 is 64.2 Å². The number of sulfonamides is 3. The summed E-state index contributed by atoms with van der Waals surface area (Å²) in [6.45, 7) is 0. The van der Waals surface area contributed by atoms with E-state index in [0.717, 1.165) is 42.8 Å². The zero-order chi connectivity index (χ0) is 101. The highest BCUT2D eigenvalue weighted by molar-refractivity contribution is 8.80. The Kier molecular flexibility index (Phi) is 43.6. The number of allylic oxidation sites excluding steroid dienone is 9. The van der Waals surface area contributed by atoms with Gasteiger partial charge in [0.2, 0.25) is 12.0 Å². The van der Waals surface area contributed by atoms with Crippen molar-refractivity contribution in [3.05, 3.63) is 252 Å². The van der Waals surface area contributed by atoms with Crippen molar-refractivity contribution in [2.75, 3.05) is 34.1 Å². The lowest BCUT2D eigenvalue weighted by atomic mass is 9.71. The Bertz CT molecular complexity index is 8110. The summed E-state index contributed by atoms with van der Waals surface area (Å²) in [5.74, 6) is -3.00. The second-order valence-corrected chi connectivity index (χ2v) is 97.8. The summed E-state index contributed by atoms with van der Waals surface area (Å²) in [6, 6.07) is 46.0. The number of hydrogen-bond donors (Lipinski definition) is 4. The lowest BCUT2D eigenvalue weighted by Gasteiger charge is -2.53. The van der Waals surface area contributed by atoms with Gasteiger partial charge in [0, 0.05) is 378 Å². The molecule has 20 rings (SSSR count). The second kappa shape index (κ2) is 52.9. The van der Waals surface area contributed by atoms with Crippen molar-refractivity contribution in [1.82, 2.24) is 29.4 Å². The Hall–Kier alpha value is -0.710. The van der Waals surface area contributed by atoms with Crippen LogP contribution in [0.25, 0.3) is 0 Å². The molecule has 2 N–H and O–H groups in total. The van der Waals surface area contributed by atoms with Crippen molar-refractivity contribution >= 4 is 467 Å². The number of aliphatic hydroxyl groups is 2. The number of aliphatic hydroxyl groups excluding tert-OH is 1. The highest BCUT2D eigenvalue weighted by Gasteiger charge is 2.79. The van der Waals surface area contributed by atoms with E-state index in [0.29, 0.717) is 47.5 Å². The van der Waals surface area contributed by atoms with Gasteiger partial charge < -0.3 is 24.9 Å². The molecule has 8 fully saturated rings. The van der Waals surface area contributed by atoms with Crippen LogP contribution in [0, 0.1) is 0 Å². The third-order valence-electron chi connectivity index (χ3n) is 23.7. The Balaban J connectivity index is 0.000000146. The minimum atomic E-state index is -4.25. The van der Waals surface area contributed by atoms with Crippen LogP contribution in [-0.2, 0) is 413 Å². The molecule has 0 radical (unpaired) electrons. The van der Waals surface area contributed by atoms with Crippen LogP contribution in [0.15, 0.2) is 250 Å². The molecule has 6 aromatic carbocycles. The van der Waals surface area contributed by atoms with Gasteiger partial charge in [-0.05, 0) is 107 Å². The average molecular weight is 2750 g/mol. The number of anilines is 3. The Morgan fingerprint density at radius 1 is 0.364 bits per heavy atom. The maximum Gasteiger partial charge on any atom is 0.278 e. The molecule has 6 amide bonds. The third-order valence-corrected chi connectivity index (χ3v) is 102. The van der Waals surface area contributed by atoms with Gasteiger partial charge in [-0.25, -0.2) is 38.2 Å². The third kappa shape index (κ3) is 23.4. The van der Waals surface area contributed by atoms with Crippen LogP contribution in [0.4, 0.5) is 17.1 Å². The van der Waals surface area contributed by atoms with Crippen molar-refractivity contribution in [2.24, 2.45) is 0 Å². The van der Waals surface area contributed by atoms with Gasteiger partial charge in [0.05, 0.1) is 48.0 Å². The van der Waals surface area contributed by atoms with Crippen LogP contribution in [0.5, 0.6) is 0 Å². The molecule has 1 spiro atoms. The first-order chi connectivity index (χ1) is 68.5. The van der Waals surface area contributed by atoms with Crippen molar-refractivity contribution in [3.63, 3.8) is 0 Å². The highest BCUT2D eigenvalue weighted by atomic mass is 33.5. The van der Waals surface area contributed by atoms with E-state index in [1.54, 1.807) is 373 Å². The standard InChI is InChI=1S/C25H23N3O6S.C25H21N3O4S3.C25H23N3O4S3.CH4.S19.S18/c1-26-20(29)21(30)27-22-24(16-9-5-6-10-16,15-25(27,32)23(26)31)18-13-7-8-14-19(18)28(22)35(33,34)17-11-3-2-4-12-17;1-26-21-20(29)27-22-24(16-9-5-6-10-16,15-25(27,23(26)30)34-33-21)18-13-7-8-14-19(18)28(22)35(31,32)17-11-3-2-4-12-17;1-26-21(33)20(29)27-22-24(16-9-5-6-10-16,15-25(27,34)23(26)30)18-13-7-8-14-19(18)28(22)35(31,32)17-11-3-2-4-12-17;;1-3-5-7-9-11-13-15-17-19-18-16-14-12-10-8-6-4-2;1-3-5-7-9-11-13-15-17-18-16-14-12-10-8-6-4-2/h2-5,7-14,20,22,29,32H,6,15H2,1H3;2-5,7-14,21-22H,6,15H2,1H3;2-5,7-14,21-22,33-34H,6,15H2,1H3;1H4;;/t20-,22+,24+,25-;2*21-,22-,24-,25-;;;/m100.../s1. The molecular weight excluding hydrogens is 2670 g/mol. The summed E-state index contributed by atoms with van der Waals surface area (Å²) < 4.78 is 89.1. The number of likely N-dealkylation sites (N-methyl/N-ethyl adjacent to an activating group) is 3. The van der Waals surface area contributed by atoms with E-state index in [4.69, 9.17) is 57.4 Å². The van der Waals surface area contributed by atoms with Crippen LogP contribution in [0.2, 0.25) is 0 Å². The van der Waals surface area contributed by atoms with E-state index in [-0.39, 0.29) is 52.7 Å². The van der Waals surface area contributed by atoms with Crippen molar-refractivity contribution in [1.29, 1.82) is 0 Å². The molecule has 11 aliphatic heterocycles. The van der Waals surface area contributed by atoms with E-state index >= 15 is 0 Å². The molecular formula is C76H71N9O14S44. The summed E-state index contributed by atoms with van der Waals surface area (Å²) >= 11 is 28.2. The molecule has 12 atom stereocenters. The molecule has 6 aromatic rings. The van der Waals surface area contributed by atoms with Gasteiger partial charge in [-0.2, -0.15) is 0 Å². The van der Waals surface area contributed by atoms with Gasteiger partial charge in [0.15, 0.2) is 20.5 Å². The zero-order valence-electron chi connectivity index (χ0n) is 71.4. The molecule has 11 heterocycles. The molecule has 0 aromatic heterocycles. The first-order valence-corrected chi connectivity index (χ1v) is 93.8. The van der Waals surface area contributed by atoms with Crippen LogP contribution in [-0.4, -0.2) is 172 Å². The topological polar surface area (TPSA) is 274 Å². The number of thiol groups is 2. The van der Waals surface area contributed by atoms with Gasteiger partial charge in [-0.3, -0.25) is 43.5 Å². The number of piperazine rings is 3. The fourth-order valence-corrected chi connectivity index (χ4v) is 108. The smallest absolute Gasteiger partial charge is 0.278 e. The van der Waals surface area contributed by atoms with E-state index in [2.05, 4.69) is 18.7 Å². The molecule has 14 aliphatic rings. The summed E-state index contributed by atoms with van der Waals surface area (Å²) in [5.41, 5.74) is 0.736. The first-order valence-electron chi connectivity index (χ1n) is 39.6. The highest BCUT2D eigenvalue weighted by Crippen LogP contribution is 2.71. The van der Waals surface area contributed by atoms with Crippen LogP contribution >= 0.6 is 46.8 Å². The normalized spacial score (nSPS) is 25.3. The lowest BCUT2D eigenvalue weighted by Crippen LogP contribution is -2.72. The Morgan fingerprint density at radius 2 is 0.664 bits per heavy atom. The summed E-state index contributed by atoms with van der Waals surface area (Å²) in [5, 5.41) is 20.6. The van der Waals surface area contributed by atoms with E-state index < -0.39 is 115 Å². The van der Waals surface area contributed by atoms with E-state index in [1.807, 2.05) is 85.0 Å². The number of carbonyl (C=O) groups excluding carboxylic acids is 6. The Morgan fingerprint density at radius 3 is 0.993 bits per heavy atom. The average Bonchev–Trinajstić information content (AvgIpc) is 1.63. The maximum absolute atomic E-state index is 14.3. The minimum Gasteiger partial charge on any atom is -0.365 e. The molecule has 23 nitrogen and oxygen atoms in total. The number of benzene rings is 6. The minimum absolute atomic E-state index is 0. The number of amides is 6. The molecule has 0 saturated carbocycles. The van der Waals surface area contributed by atoms with Crippen LogP contribution < -0.4 is 12.9 Å². The second-order valence-electron chi connectivity index (χ2n) is 30.2. The summed E-state index contributed by atoms with van der Waals surface area (Å²) in [4.78, 5) is 86.9. The summed E-state index contributed by atoms with van der Waals surface area (Å²) in [6.07, 6.45) is 15.0. The van der Waals surface area contributed by atoms with Gasteiger partial charge in [0.1, 0.15) is 18.5 Å². The number of fused-ring (bicyclic) bond motifs is 15. The number of nitrogens with zero attached hydrogens (tertiary/aromatic N) is 9. The molecule has 8 saturated heterocycles. The molecule has 67 heteroatoms. The zero-order valence-corrected chi connectivity index (χ0v) is 107. The molecule has 0 unspecified atom stereocenters. The van der Waals surface area contributed by atoms with Crippen LogP contribution in [0.1, 0.15) is 62.6 Å². The molecule has 143 heavy (non-hydrogen) atoms. The SMILES string of the molecule is C.CN1C(=O)[C@@]2(S)C[C@]3(C4=CCC=C4)c4ccccc4N(S(=O)(=O)c4ccccc4)[C@@H]3N2C(=O)[C@@H]1S.CN1C(=O)[C@@]23C[C@]4(C5=CCC=C5)c5ccccc5N(S(=O)(=O)c5ccccc5)[C@@H]4N2C(=O)[C@@H]1SS3.CN1C(=O)[C@]2(O)C[C@]3(C4=CCC=C4)c4ccccc4N(S(=O)(=O)c4ccccc4)[C@@H]3N2C(=O)[C@H]1O.S=S=S=S=S=S=S=S=S=S=S=S=S=S=S=S=S=S.S=S=S=S=S=S=S=S=S=S=S=S=S=S=S=S=S=S=S. The van der Waals surface area contributed by atoms with Crippen LogP contribution in [0.3, 0.4) is 0 Å². The van der Waals surface area contributed by atoms with E-state index in [1.165, 1.54) is 119 Å². The fourth-order valence-electron chi connectivity index (χ4n) is 18.7. The largest absolute Gasteiger partial charge is 0.365 e. The number of hydrogen-bond acceptors (Lipinski definition) is 22. The number of carbonyl (C=O) groups is 6. The summed E-state index contributed by atoms with van der Waals surface area (Å²) in [7, 11) is 51.0. The lowest BCUT2D eigenvalue weighted by molar-refractivity contribution is -0.207. The predicted molar refractivity (Wildman–Crippen MR) is 679 cm³/mol. The predicted octanol–water partition coefficient (Wildman–Crippen LogP) is 8.00. The monoisotopic (exact) mass is 2740 g/mol. The fraction of sp³-hybridized carbons (Fsp3) is 0.289.